The van der Waals surface area contributed by atoms with E-state index in [0.717, 1.165) is 11.3 Å². The number of halogens is 2. The number of phenols is 1. The summed E-state index contributed by atoms with van der Waals surface area (Å²) >= 11 is 12.2. The van der Waals surface area contributed by atoms with E-state index in [1.165, 1.54) is 0 Å². The van der Waals surface area contributed by atoms with Gasteiger partial charge in [0.05, 0.1) is 22.6 Å². The molecule has 2 aromatic carbocycles. The molecule has 1 unspecified atom stereocenters. The Labute approximate surface area is 210 Å². The van der Waals surface area contributed by atoms with Crippen molar-refractivity contribution in [1.29, 1.82) is 0 Å². The molecule has 0 saturated carbocycles. The van der Waals surface area contributed by atoms with Crippen molar-refractivity contribution in [2.45, 2.75) is 38.8 Å². The van der Waals surface area contributed by atoms with Gasteiger partial charge < -0.3 is 19.6 Å². The second kappa shape index (κ2) is 11.3. The molecule has 0 spiro atoms. The van der Waals surface area contributed by atoms with Gasteiger partial charge in [0.2, 0.25) is 5.91 Å². The summed E-state index contributed by atoms with van der Waals surface area (Å²) in [5, 5.41) is 13.7. The first-order chi connectivity index (χ1) is 16.0. The Bertz CT molecular complexity index is 1000. The predicted octanol–water partition coefficient (Wildman–Crippen LogP) is 3.89. The Morgan fingerprint density at radius 3 is 2.26 bits per heavy atom. The fourth-order valence-electron chi connectivity index (χ4n) is 3.79. The number of aromatic hydroxyl groups is 1. The van der Waals surface area contributed by atoms with Crippen LogP contribution in [0.4, 0.5) is 5.69 Å². The molecule has 1 amide bonds. The molecule has 3 rings (SSSR count). The first-order valence-electron chi connectivity index (χ1n) is 11.2. The average Bonchev–Trinajstić information content (AvgIpc) is 2.78. The van der Waals surface area contributed by atoms with Gasteiger partial charge in [-0.2, -0.15) is 0 Å². The Hall–Kier alpha value is -2.48. The zero-order valence-electron chi connectivity index (χ0n) is 19.7. The van der Waals surface area contributed by atoms with Gasteiger partial charge in [0, 0.05) is 31.9 Å². The van der Waals surface area contributed by atoms with E-state index in [-0.39, 0.29) is 18.2 Å². The SMILES string of the molecule is CC(C)(C)OC(=O)CNC(Cc1ccc(O)cc1)C(=O)N1CCN(c2ccc(Cl)c(Cl)c2)CC1. The molecule has 9 heteroatoms. The van der Waals surface area contributed by atoms with Crippen LogP contribution in [0.1, 0.15) is 26.3 Å². The number of phenolic OH excluding ortho intramolecular Hbond substituents is 1. The van der Waals surface area contributed by atoms with Gasteiger partial charge in [0.15, 0.2) is 0 Å². The van der Waals surface area contributed by atoms with Crippen LogP contribution in [0, 0.1) is 0 Å². The van der Waals surface area contributed by atoms with Gasteiger partial charge in [-0.3, -0.25) is 14.9 Å². The Morgan fingerprint density at radius 1 is 1.03 bits per heavy atom. The van der Waals surface area contributed by atoms with Crippen molar-refractivity contribution in [3.05, 3.63) is 58.1 Å². The number of rotatable bonds is 7. The number of anilines is 1. The van der Waals surface area contributed by atoms with E-state index in [4.69, 9.17) is 27.9 Å². The van der Waals surface area contributed by atoms with Crippen molar-refractivity contribution in [3.63, 3.8) is 0 Å². The molecule has 1 saturated heterocycles. The summed E-state index contributed by atoms with van der Waals surface area (Å²) in [7, 11) is 0. The lowest BCUT2D eigenvalue weighted by Gasteiger charge is -2.38. The summed E-state index contributed by atoms with van der Waals surface area (Å²) in [5.74, 6) is -0.336. The molecule has 184 valence electrons. The van der Waals surface area contributed by atoms with Crippen molar-refractivity contribution in [1.82, 2.24) is 10.2 Å². The van der Waals surface area contributed by atoms with Crippen molar-refractivity contribution < 1.29 is 19.4 Å². The predicted molar refractivity (Wildman–Crippen MR) is 135 cm³/mol. The second-order valence-electron chi connectivity index (χ2n) is 9.30. The lowest BCUT2D eigenvalue weighted by molar-refractivity contribution is -0.153. The van der Waals surface area contributed by atoms with Gasteiger partial charge >= 0.3 is 5.97 Å². The standard InChI is InChI=1S/C25H31Cl2N3O4/c1-25(2,3)34-23(32)16-28-22(14-17-4-7-19(31)8-5-17)24(33)30-12-10-29(11-13-30)18-6-9-20(26)21(27)15-18/h4-9,15,22,28,31H,10-14,16H2,1-3H3. The smallest absolute Gasteiger partial charge is 0.320 e. The summed E-state index contributed by atoms with van der Waals surface area (Å²) in [4.78, 5) is 29.6. The quantitative estimate of drug-likeness (QED) is 0.553. The third kappa shape index (κ3) is 7.52. The highest BCUT2D eigenvalue weighted by atomic mass is 35.5. The Morgan fingerprint density at radius 2 is 1.68 bits per heavy atom. The third-order valence-corrected chi connectivity index (χ3v) is 6.19. The number of carbonyl (C=O) groups excluding carboxylic acids is 2. The molecular weight excluding hydrogens is 477 g/mol. The minimum atomic E-state index is -0.603. The summed E-state index contributed by atoms with van der Waals surface area (Å²) in [6.45, 7) is 7.73. The van der Waals surface area contributed by atoms with Crippen LogP contribution in [0.2, 0.25) is 10.0 Å². The van der Waals surface area contributed by atoms with Crippen LogP contribution >= 0.6 is 23.2 Å². The number of hydrogen-bond donors (Lipinski definition) is 2. The van der Waals surface area contributed by atoms with Gasteiger partial charge in [0.25, 0.3) is 0 Å². The minimum Gasteiger partial charge on any atom is -0.508 e. The lowest BCUT2D eigenvalue weighted by atomic mass is 10.0. The lowest BCUT2D eigenvalue weighted by Crippen LogP contribution is -2.55. The normalized spacial score (nSPS) is 15.2. The molecule has 1 aliphatic rings. The fourth-order valence-corrected chi connectivity index (χ4v) is 4.08. The van der Waals surface area contributed by atoms with Crippen LogP contribution in [0.3, 0.4) is 0 Å². The molecule has 34 heavy (non-hydrogen) atoms. The molecule has 0 bridgehead atoms. The van der Waals surface area contributed by atoms with Crippen LogP contribution in [0.15, 0.2) is 42.5 Å². The van der Waals surface area contributed by atoms with Gasteiger partial charge in [-0.05, 0) is 63.1 Å². The van der Waals surface area contributed by atoms with Crippen LogP contribution in [-0.2, 0) is 20.7 Å². The van der Waals surface area contributed by atoms with E-state index >= 15 is 0 Å². The summed E-state index contributed by atoms with van der Waals surface area (Å²) in [6.07, 6.45) is 0.384. The van der Waals surface area contributed by atoms with Crippen LogP contribution < -0.4 is 10.2 Å². The zero-order chi connectivity index (χ0) is 24.9. The monoisotopic (exact) mass is 507 g/mol. The number of carbonyl (C=O) groups is 2. The highest BCUT2D eigenvalue weighted by Gasteiger charge is 2.29. The number of hydrogen-bond acceptors (Lipinski definition) is 6. The summed E-state index contributed by atoms with van der Waals surface area (Å²) in [5.41, 5.74) is 1.24. The maximum atomic E-state index is 13.4. The molecule has 1 fully saturated rings. The van der Waals surface area contributed by atoms with E-state index in [0.29, 0.717) is 42.6 Å². The molecule has 0 aromatic heterocycles. The van der Waals surface area contributed by atoms with Crippen molar-refractivity contribution in [2.75, 3.05) is 37.6 Å². The van der Waals surface area contributed by atoms with Crippen molar-refractivity contribution in [3.8, 4) is 5.75 Å². The van der Waals surface area contributed by atoms with Gasteiger partial charge in [-0.1, -0.05) is 35.3 Å². The third-order valence-electron chi connectivity index (χ3n) is 5.45. The highest BCUT2D eigenvalue weighted by molar-refractivity contribution is 6.42. The van der Waals surface area contributed by atoms with Gasteiger partial charge in [-0.15, -0.1) is 0 Å². The van der Waals surface area contributed by atoms with Crippen molar-refractivity contribution >= 4 is 40.8 Å². The van der Waals surface area contributed by atoms with E-state index < -0.39 is 17.6 Å². The largest absolute Gasteiger partial charge is 0.508 e. The Balaban J connectivity index is 1.65. The molecular formula is C25H31Cl2N3O4. The van der Waals surface area contributed by atoms with Gasteiger partial charge in [-0.25, -0.2) is 0 Å². The van der Waals surface area contributed by atoms with Crippen LogP contribution in [-0.4, -0.2) is 66.2 Å². The van der Waals surface area contributed by atoms with E-state index in [1.54, 1.807) is 56.0 Å². The molecule has 0 aliphatic carbocycles. The Kier molecular flexibility index (Phi) is 8.68. The number of benzene rings is 2. The molecule has 0 radical (unpaired) electrons. The molecule has 2 N–H and O–H groups in total. The molecule has 2 aromatic rings. The molecule has 7 nitrogen and oxygen atoms in total. The zero-order valence-corrected chi connectivity index (χ0v) is 21.2. The van der Waals surface area contributed by atoms with E-state index in [2.05, 4.69) is 10.2 Å². The van der Waals surface area contributed by atoms with Crippen molar-refractivity contribution in [2.24, 2.45) is 0 Å². The molecule has 1 atom stereocenters. The molecule has 1 heterocycles. The fraction of sp³-hybridized carbons (Fsp3) is 0.440. The first-order valence-corrected chi connectivity index (χ1v) is 12.0. The van der Waals surface area contributed by atoms with Crippen LogP contribution in [0.25, 0.3) is 0 Å². The summed E-state index contributed by atoms with van der Waals surface area (Å²) < 4.78 is 5.37. The number of piperazine rings is 1. The number of nitrogens with zero attached hydrogens (tertiary/aromatic N) is 2. The average molecular weight is 508 g/mol. The highest BCUT2D eigenvalue weighted by Crippen LogP contribution is 2.28. The number of nitrogens with one attached hydrogen (secondary N) is 1. The maximum absolute atomic E-state index is 13.4. The summed E-state index contributed by atoms with van der Waals surface area (Å²) in [6, 6.07) is 11.6. The van der Waals surface area contributed by atoms with Crippen LogP contribution in [0.5, 0.6) is 5.75 Å². The first kappa shape index (κ1) is 26.1. The topological polar surface area (TPSA) is 82.1 Å². The minimum absolute atomic E-state index is 0.0744. The van der Waals surface area contributed by atoms with E-state index in [1.807, 2.05) is 12.1 Å². The molecule has 1 aliphatic heterocycles. The van der Waals surface area contributed by atoms with E-state index in [9.17, 15) is 14.7 Å². The number of esters is 1. The number of ether oxygens (including phenoxy) is 1. The van der Waals surface area contributed by atoms with Gasteiger partial charge in [0.1, 0.15) is 11.4 Å². The number of amides is 1. The second-order valence-corrected chi connectivity index (χ2v) is 10.1. The maximum Gasteiger partial charge on any atom is 0.320 e.